The molecular weight excluding hydrogens is 369 g/mol. The fourth-order valence-corrected chi connectivity index (χ4v) is 1.80. The molecule has 0 spiro atoms. The Morgan fingerprint density at radius 3 is 2.27 bits per heavy atom. The van der Waals surface area contributed by atoms with E-state index in [-0.39, 0.29) is 0 Å². The third kappa shape index (κ3) is 6.47. The lowest BCUT2D eigenvalue weighted by molar-refractivity contribution is -0.150. The molecule has 1 heterocycles. The van der Waals surface area contributed by atoms with Crippen LogP contribution < -0.4 is 21.9 Å². The number of nitrogens with one attached hydrogen (secondary N) is 4. The Kier molecular flexibility index (Phi) is 7.31. The number of aliphatic hydroxyl groups excluding tert-OH is 4. The molecule has 0 aliphatic heterocycles. The number of hydrogen-bond acceptors (Lipinski definition) is 8. The Hall–Kier alpha value is -2.42. The number of aliphatic hydroxyl groups is 4. The number of hydrogen-bond donors (Lipinski definition) is 8. The molecule has 0 aliphatic rings. The maximum atomic E-state index is 12.2. The van der Waals surface area contributed by atoms with Crippen LogP contribution in [-0.4, -0.2) is 73.9 Å². The monoisotopic (exact) mass is 386 g/mol. The van der Waals surface area contributed by atoms with E-state index in [9.17, 15) is 42.9 Å². The van der Waals surface area contributed by atoms with Crippen LogP contribution in [0.3, 0.4) is 0 Å². The standard InChI is InChI=1S/C12H17F3N4O7/c13-12(14,15)1-6(23)17-7-9(18-11(26)19-10(7)25)16-2-4(21)8(24)5(22)3-20/h4-5,8,20-22,24H,1-3H2,(H,17,23)(H3,16,18,19,25,26)/t4-,5+,8-/m0/s1. The lowest BCUT2D eigenvalue weighted by Gasteiger charge is -2.22. The second-order valence-corrected chi connectivity index (χ2v) is 5.19. The van der Waals surface area contributed by atoms with Crippen LogP contribution in [0.25, 0.3) is 0 Å². The molecule has 0 radical (unpaired) electrons. The van der Waals surface area contributed by atoms with E-state index < -0.39 is 72.7 Å². The molecular formula is C12H17F3N4O7. The maximum absolute atomic E-state index is 12.2. The summed E-state index contributed by atoms with van der Waals surface area (Å²) < 4.78 is 36.6. The molecule has 0 fully saturated rings. The number of carbonyl (C=O) groups excluding carboxylic acids is 1. The highest BCUT2D eigenvalue weighted by Crippen LogP contribution is 2.21. The second-order valence-electron chi connectivity index (χ2n) is 5.19. The molecule has 0 saturated carbocycles. The van der Waals surface area contributed by atoms with Crippen LogP contribution >= 0.6 is 0 Å². The largest absolute Gasteiger partial charge is 0.397 e. The molecule has 148 valence electrons. The van der Waals surface area contributed by atoms with Crippen molar-refractivity contribution in [3.05, 3.63) is 20.8 Å². The number of H-pyrrole nitrogens is 2. The van der Waals surface area contributed by atoms with Crippen LogP contribution in [0.2, 0.25) is 0 Å². The van der Waals surface area contributed by atoms with E-state index in [2.05, 4.69) is 5.32 Å². The first kappa shape index (κ1) is 21.6. The molecule has 0 unspecified atom stereocenters. The van der Waals surface area contributed by atoms with Crippen molar-refractivity contribution < 1.29 is 38.4 Å². The van der Waals surface area contributed by atoms with Gasteiger partial charge in [-0.2, -0.15) is 13.2 Å². The highest BCUT2D eigenvalue weighted by molar-refractivity contribution is 5.93. The van der Waals surface area contributed by atoms with Crippen LogP contribution in [0.4, 0.5) is 24.7 Å². The van der Waals surface area contributed by atoms with Gasteiger partial charge in [0.2, 0.25) is 5.91 Å². The number of rotatable bonds is 8. The quantitative estimate of drug-likeness (QED) is 0.239. The summed E-state index contributed by atoms with van der Waals surface area (Å²) in [5.74, 6) is -2.10. The first-order chi connectivity index (χ1) is 11.9. The zero-order chi connectivity index (χ0) is 20.1. The number of amides is 1. The molecule has 3 atom stereocenters. The van der Waals surface area contributed by atoms with Crippen LogP contribution in [0.15, 0.2) is 9.59 Å². The van der Waals surface area contributed by atoms with Gasteiger partial charge >= 0.3 is 11.9 Å². The van der Waals surface area contributed by atoms with Gasteiger partial charge in [0.15, 0.2) is 0 Å². The Balaban J connectivity index is 2.96. The zero-order valence-corrected chi connectivity index (χ0v) is 13.0. The average Bonchev–Trinajstić information content (AvgIpc) is 2.52. The molecule has 0 bridgehead atoms. The average molecular weight is 386 g/mol. The Morgan fingerprint density at radius 2 is 1.73 bits per heavy atom. The third-order valence-corrected chi connectivity index (χ3v) is 3.03. The normalized spacial score (nSPS) is 15.2. The number of halogens is 3. The summed E-state index contributed by atoms with van der Waals surface area (Å²) in [7, 11) is 0. The fourth-order valence-electron chi connectivity index (χ4n) is 1.80. The van der Waals surface area contributed by atoms with Crippen LogP contribution in [-0.2, 0) is 4.79 Å². The molecule has 26 heavy (non-hydrogen) atoms. The van der Waals surface area contributed by atoms with Crippen LogP contribution in [0.5, 0.6) is 0 Å². The van der Waals surface area contributed by atoms with Crippen molar-refractivity contribution in [2.24, 2.45) is 0 Å². The molecule has 1 rings (SSSR count). The van der Waals surface area contributed by atoms with Gasteiger partial charge in [-0.3, -0.25) is 19.6 Å². The van der Waals surface area contributed by atoms with Crippen LogP contribution in [0, 0.1) is 0 Å². The molecule has 0 saturated heterocycles. The first-order valence-corrected chi connectivity index (χ1v) is 7.06. The van der Waals surface area contributed by atoms with Crippen molar-refractivity contribution in [2.75, 3.05) is 23.8 Å². The van der Waals surface area contributed by atoms with E-state index in [4.69, 9.17) is 5.11 Å². The number of carbonyl (C=O) groups is 1. The van der Waals surface area contributed by atoms with Gasteiger partial charge in [0.25, 0.3) is 5.56 Å². The fraction of sp³-hybridized carbons (Fsp3) is 0.583. The molecule has 1 aromatic heterocycles. The van der Waals surface area contributed by atoms with Crippen molar-refractivity contribution in [1.82, 2.24) is 9.97 Å². The minimum absolute atomic E-state index is 0.529. The van der Waals surface area contributed by atoms with Crippen molar-refractivity contribution in [2.45, 2.75) is 30.9 Å². The van der Waals surface area contributed by atoms with Gasteiger partial charge in [0.1, 0.15) is 30.1 Å². The third-order valence-electron chi connectivity index (χ3n) is 3.03. The maximum Gasteiger partial charge on any atom is 0.397 e. The predicted octanol–water partition coefficient (Wildman–Crippen LogP) is -2.56. The Bertz CT molecular complexity index is 733. The van der Waals surface area contributed by atoms with E-state index >= 15 is 0 Å². The smallest absolute Gasteiger partial charge is 0.394 e. The SMILES string of the molecule is O=C(CC(F)(F)F)Nc1c(NC[C@H](O)[C@H](O)[C@H](O)CO)[nH]c(=O)[nH]c1=O. The number of anilines is 2. The topological polar surface area (TPSA) is 188 Å². The Morgan fingerprint density at radius 1 is 1.12 bits per heavy atom. The van der Waals surface area contributed by atoms with E-state index in [1.807, 2.05) is 4.98 Å². The Labute approximate surface area is 142 Å². The summed E-state index contributed by atoms with van der Waals surface area (Å²) in [5, 5.41) is 40.9. The molecule has 14 heteroatoms. The molecule has 1 amide bonds. The molecule has 0 aliphatic carbocycles. The summed E-state index contributed by atoms with van der Waals surface area (Å²) in [6, 6.07) is 0. The number of alkyl halides is 3. The van der Waals surface area contributed by atoms with Gasteiger partial charge in [-0.05, 0) is 0 Å². The number of aromatic amines is 2. The van der Waals surface area contributed by atoms with Crippen molar-refractivity contribution >= 4 is 17.4 Å². The predicted molar refractivity (Wildman–Crippen MR) is 80.6 cm³/mol. The van der Waals surface area contributed by atoms with E-state index in [1.165, 1.54) is 0 Å². The molecule has 8 N–H and O–H groups in total. The van der Waals surface area contributed by atoms with E-state index in [1.54, 1.807) is 10.3 Å². The van der Waals surface area contributed by atoms with Gasteiger partial charge in [0.05, 0.1) is 12.7 Å². The minimum atomic E-state index is -4.83. The number of aromatic nitrogens is 2. The summed E-state index contributed by atoms with van der Waals surface area (Å²) in [4.78, 5) is 38.0. The van der Waals surface area contributed by atoms with E-state index in [0.717, 1.165) is 0 Å². The highest BCUT2D eigenvalue weighted by atomic mass is 19.4. The van der Waals surface area contributed by atoms with Gasteiger partial charge in [-0.25, -0.2) is 4.79 Å². The second kappa shape index (κ2) is 8.79. The van der Waals surface area contributed by atoms with Gasteiger partial charge in [-0.1, -0.05) is 0 Å². The van der Waals surface area contributed by atoms with Crippen molar-refractivity contribution in [3.8, 4) is 0 Å². The first-order valence-electron chi connectivity index (χ1n) is 7.06. The molecule has 0 aromatic carbocycles. The van der Waals surface area contributed by atoms with Crippen molar-refractivity contribution in [1.29, 1.82) is 0 Å². The zero-order valence-electron chi connectivity index (χ0n) is 13.0. The minimum Gasteiger partial charge on any atom is -0.394 e. The lowest BCUT2D eigenvalue weighted by atomic mass is 10.1. The summed E-state index contributed by atoms with van der Waals surface area (Å²) >= 11 is 0. The summed E-state index contributed by atoms with van der Waals surface area (Å²) in [6.45, 7) is -1.46. The summed E-state index contributed by atoms with van der Waals surface area (Å²) in [5.41, 5.74) is -3.02. The molecule has 1 aromatic rings. The van der Waals surface area contributed by atoms with Gasteiger partial charge in [-0.15, -0.1) is 0 Å². The van der Waals surface area contributed by atoms with E-state index in [0.29, 0.717) is 0 Å². The van der Waals surface area contributed by atoms with Gasteiger partial charge < -0.3 is 31.1 Å². The van der Waals surface area contributed by atoms with Crippen molar-refractivity contribution in [3.63, 3.8) is 0 Å². The summed E-state index contributed by atoms with van der Waals surface area (Å²) in [6.07, 6.45) is -11.9. The van der Waals surface area contributed by atoms with Gasteiger partial charge in [0, 0.05) is 6.54 Å². The highest BCUT2D eigenvalue weighted by Gasteiger charge is 2.32. The lowest BCUT2D eigenvalue weighted by Crippen LogP contribution is -2.43. The van der Waals surface area contributed by atoms with Crippen LogP contribution in [0.1, 0.15) is 6.42 Å². The molecule has 11 nitrogen and oxygen atoms in total.